The monoisotopic (exact) mass is 525 g/mol. The Kier molecular flexibility index (Phi) is 10.9. The minimum absolute atomic E-state index is 0.0391. The standard InChI is InChI=1S/C24H31NO10S/c1-5-8-9-18(26)25-21-23(34-19(27)6-2)22(29)17(33-24(21)35-20(28)7-3)14-32-36(30,31)16-12-10-15(4)11-13-16/h1,10-13,17,21-24,29H,6-9,14H2,2-4H3,(H,25,26)/t17-,21-,22-,23-,24?/m1/s1. The van der Waals surface area contributed by atoms with Crippen molar-refractivity contribution in [2.75, 3.05) is 6.61 Å². The van der Waals surface area contributed by atoms with Crippen LogP contribution in [0.1, 0.15) is 45.1 Å². The highest BCUT2D eigenvalue weighted by atomic mass is 32.2. The second kappa shape index (κ2) is 13.4. The predicted octanol–water partition coefficient (Wildman–Crippen LogP) is 0.959. The molecule has 1 saturated heterocycles. The maximum absolute atomic E-state index is 12.6. The minimum atomic E-state index is -4.23. The minimum Gasteiger partial charge on any atom is -0.457 e. The molecule has 11 nitrogen and oxygen atoms in total. The van der Waals surface area contributed by atoms with Gasteiger partial charge in [-0.05, 0) is 19.1 Å². The summed E-state index contributed by atoms with van der Waals surface area (Å²) in [6, 6.07) is 4.62. The fourth-order valence-corrected chi connectivity index (χ4v) is 4.19. The van der Waals surface area contributed by atoms with Crippen molar-refractivity contribution in [1.82, 2.24) is 5.32 Å². The molecule has 0 aromatic heterocycles. The molecular weight excluding hydrogens is 494 g/mol. The molecule has 1 heterocycles. The number of hydrogen-bond acceptors (Lipinski definition) is 10. The first-order chi connectivity index (χ1) is 17.0. The van der Waals surface area contributed by atoms with Crippen LogP contribution in [0.25, 0.3) is 0 Å². The zero-order chi connectivity index (χ0) is 26.9. The molecule has 1 aromatic carbocycles. The van der Waals surface area contributed by atoms with Gasteiger partial charge in [-0.3, -0.25) is 18.6 Å². The number of aliphatic hydroxyl groups excluding tert-OH is 1. The first-order valence-corrected chi connectivity index (χ1v) is 12.8. The van der Waals surface area contributed by atoms with Gasteiger partial charge in [0, 0.05) is 25.7 Å². The van der Waals surface area contributed by atoms with Crippen LogP contribution in [-0.4, -0.2) is 68.6 Å². The third-order valence-corrected chi connectivity index (χ3v) is 6.58. The number of terminal acetylenes is 1. The maximum atomic E-state index is 12.6. The largest absolute Gasteiger partial charge is 0.457 e. The molecule has 2 rings (SSSR count). The second-order valence-electron chi connectivity index (χ2n) is 8.03. The topological polar surface area (TPSA) is 155 Å². The van der Waals surface area contributed by atoms with Crippen molar-refractivity contribution in [2.24, 2.45) is 0 Å². The van der Waals surface area contributed by atoms with Crippen LogP contribution in [0.3, 0.4) is 0 Å². The third kappa shape index (κ3) is 8.03. The Bertz CT molecular complexity index is 1060. The number of aliphatic hydroxyl groups is 1. The lowest BCUT2D eigenvalue weighted by Gasteiger charge is -2.43. The van der Waals surface area contributed by atoms with E-state index in [0.29, 0.717) is 0 Å². The van der Waals surface area contributed by atoms with E-state index in [1.165, 1.54) is 26.0 Å². The molecule has 198 valence electrons. The summed E-state index contributed by atoms with van der Waals surface area (Å²) in [6.45, 7) is 4.16. The van der Waals surface area contributed by atoms with Crippen LogP contribution >= 0.6 is 0 Å². The van der Waals surface area contributed by atoms with E-state index in [2.05, 4.69) is 11.2 Å². The van der Waals surface area contributed by atoms with E-state index in [0.717, 1.165) is 5.56 Å². The number of carbonyl (C=O) groups is 3. The summed E-state index contributed by atoms with van der Waals surface area (Å²) in [5.74, 6) is 0.350. The molecule has 1 aliphatic heterocycles. The van der Waals surface area contributed by atoms with Crippen LogP contribution in [0, 0.1) is 19.3 Å². The van der Waals surface area contributed by atoms with Crippen LogP contribution < -0.4 is 5.32 Å². The molecule has 0 radical (unpaired) electrons. The zero-order valence-electron chi connectivity index (χ0n) is 20.3. The molecule has 2 N–H and O–H groups in total. The van der Waals surface area contributed by atoms with Gasteiger partial charge in [0.05, 0.1) is 11.5 Å². The summed E-state index contributed by atoms with van der Waals surface area (Å²) in [7, 11) is -4.23. The van der Waals surface area contributed by atoms with E-state index in [4.69, 9.17) is 24.8 Å². The molecule has 12 heteroatoms. The zero-order valence-corrected chi connectivity index (χ0v) is 21.2. The highest BCUT2D eigenvalue weighted by molar-refractivity contribution is 7.86. The van der Waals surface area contributed by atoms with Crippen molar-refractivity contribution in [3.63, 3.8) is 0 Å². The Balaban J connectivity index is 2.31. The SMILES string of the molecule is C#CCCC(=O)N[C@H]1C(OC(=O)CC)O[C@H](COS(=O)(=O)c2ccc(C)cc2)[C@@H](O)[C@@H]1OC(=O)CC. The van der Waals surface area contributed by atoms with Crippen molar-refractivity contribution >= 4 is 28.0 Å². The van der Waals surface area contributed by atoms with Crippen molar-refractivity contribution in [1.29, 1.82) is 0 Å². The Morgan fingerprint density at radius 1 is 1.11 bits per heavy atom. The van der Waals surface area contributed by atoms with E-state index in [1.807, 2.05) is 0 Å². The fourth-order valence-electron chi connectivity index (χ4n) is 3.27. The predicted molar refractivity (Wildman–Crippen MR) is 126 cm³/mol. The van der Waals surface area contributed by atoms with Gasteiger partial charge in [0.25, 0.3) is 10.1 Å². The van der Waals surface area contributed by atoms with Gasteiger partial charge in [0.2, 0.25) is 12.2 Å². The smallest absolute Gasteiger partial charge is 0.307 e. The molecule has 1 aromatic rings. The number of ether oxygens (including phenoxy) is 3. The van der Waals surface area contributed by atoms with Crippen LogP contribution in [0.4, 0.5) is 0 Å². The van der Waals surface area contributed by atoms with Gasteiger partial charge in [-0.2, -0.15) is 8.42 Å². The van der Waals surface area contributed by atoms with Gasteiger partial charge < -0.3 is 24.6 Å². The van der Waals surface area contributed by atoms with E-state index in [-0.39, 0.29) is 30.6 Å². The molecule has 1 unspecified atom stereocenters. The van der Waals surface area contributed by atoms with Gasteiger partial charge in [0.1, 0.15) is 18.2 Å². The lowest BCUT2D eigenvalue weighted by molar-refractivity contribution is -0.265. The first-order valence-electron chi connectivity index (χ1n) is 11.4. The average molecular weight is 526 g/mol. The van der Waals surface area contributed by atoms with Crippen LogP contribution in [-0.2, 0) is 42.9 Å². The van der Waals surface area contributed by atoms with E-state index < -0.39 is 65.2 Å². The van der Waals surface area contributed by atoms with Gasteiger partial charge in [-0.15, -0.1) is 12.3 Å². The highest BCUT2D eigenvalue weighted by Crippen LogP contribution is 2.27. The summed E-state index contributed by atoms with van der Waals surface area (Å²) in [4.78, 5) is 36.4. The van der Waals surface area contributed by atoms with Crippen molar-refractivity contribution in [2.45, 2.75) is 82.0 Å². The molecule has 1 fully saturated rings. The fraction of sp³-hybridized carbons (Fsp3) is 0.542. The van der Waals surface area contributed by atoms with Crippen molar-refractivity contribution in [3.8, 4) is 12.3 Å². The Labute approximate surface area is 210 Å². The quantitative estimate of drug-likeness (QED) is 0.242. The molecule has 1 amide bonds. The summed E-state index contributed by atoms with van der Waals surface area (Å²) < 4.78 is 46.6. The van der Waals surface area contributed by atoms with Gasteiger partial charge in [-0.25, -0.2) is 0 Å². The molecular formula is C24H31NO10S. The third-order valence-electron chi connectivity index (χ3n) is 5.29. The van der Waals surface area contributed by atoms with Gasteiger partial charge >= 0.3 is 11.9 Å². The number of rotatable bonds is 11. The Hall–Kier alpha value is -2.98. The van der Waals surface area contributed by atoms with Gasteiger partial charge in [-0.1, -0.05) is 31.5 Å². The number of nitrogens with one attached hydrogen (secondary N) is 1. The summed E-state index contributed by atoms with van der Waals surface area (Å²) in [5.41, 5.74) is 0.844. The number of aryl methyl sites for hydroxylation is 1. The highest BCUT2D eigenvalue weighted by Gasteiger charge is 2.50. The van der Waals surface area contributed by atoms with Crippen molar-refractivity contribution < 1.29 is 46.3 Å². The number of carbonyl (C=O) groups excluding carboxylic acids is 3. The van der Waals surface area contributed by atoms with E-state index >= 15 is 0 Å². The van der Waals surface area contributed by atoms with Crippen molar-refractivity contribution in [3.05, 3.63) is 29.8 Å². The lowest BCUT2D eigenvalue weighted by Crippen LogP contribution is -2.66. The van der Waals surface area contributed by atoms with Crippen LogP contribution in [0.5, 0.6) is 0 Å². The number of benzene rings is 1. The van der Waals surface area contributed by atoms with Crippen LogP contribution in [0.2, 0.25) is 0 Å². The van der Waals surface area contributed by atoms with E-state index in [1.54, 1.807) is 19.1 Å². The molecule has 0 aliphatic carbocycles. The lowest BCUT2D eigenvalue weighted by atomic mass is 9.96. The number of esters is 2. The maximum Gasteiger partial charge on any atom is 0.307 e. The van der Waals surface area contributed by atoms with Gasteiger partial charge in [0.15, 0.2) is 6.10 Å². The summed E-state index contributed by atoms with van der Waals surface area (Å²) >= 11 is 0. The molecule has 0 saturated carbocycles. The normalized spacial score (nSPS) is 23.8. The molecule has 36 heavy (non-hydrogen) atoms. The Morgan fingerprint density at radius 3 is 2.31 bits per heavy atom. The molecule has 0 bridgehead atoms. The first kappa shape index (κ1) is 29.3. The number of amides is 1. The van der Waals surface area contributed by atoms with Crippen LogP contribution in [0.15, 0.2) is 29.2 Å². The summed E-state index contributed by atoms with van der Waals surface area (Å²) in [6.07, 6.45) is -0.836. The summed E-state index contributed by atoms with van der Waals surface area (Å²) in [5, 5.41) is 13.5. The molecule has 1 aliphatic rings. The number of hydrogen-bond donors (Lipinski definition) is 2. The Morgan fingerprint density at radius 2 is 1.72 bits per heavy atom. The van der Waals surface area contributed by atoms with E-state index in [9.17, 15) is 27.9 Å². The second-order valence-corrected chi connectivity index (χ2v) is 9.65. The molecule has 0 spiro atoms. The molecule has 5 atom stereocenters. The average Bonchev–Trinajstić information content (AvgIpc) is 2.85.